The van der Waals surface area contributed by atoms with Crippen molar-refractivity contribution < 1.29 is 14.3 Å². The van der Waals surface area contributed by atoms with Gasteiger partial charge in [-0.2, -0.15) is 4.99 Å². The Kier molecular flexibility index (Phi) is 5.36. The summed E-state index contributed by atoms with van der Waals surface area (Å²) in [6.07, 6.45) is 1.49. The molecule has 0 aliphatic rings. The SMILES string of the molecule is CCOC(=O)c1cc(I)c(N=C=O)c(I)c1. The number of isocyanates is 1. The maximum atomic E-state index is 11.5. The molecule has 0 aliphatic heterocycles. The van der Waals surface area contributed by atoms with Gasteiger partial charge in [-0.15, -0.1) is 0 Å². The number of ether oxygens (including phenoxy) is 1. The van der Waals surface area contributed by atoms with Crippen molar-refractivity contribution in [1.29, 1.82) is 0 Å². The molecular formula is C10H7I2NO3. The Hall–Kier alpha value is -0.470. The van der Waals surface area contributed by atoms with Gasteiger partial charge in [0.25, 0.3) is 0 Å². The molecule has 0 spiro atoms. The van der Waals surface area contributed by atoms with E-state index in [9.17, 15) is 9.59 Å². The van der Waals surface area contributed by atoms with E-state index in [0.29, 0.717) is 17.9 Å². The lowest BCUT2D eigenvalue weighted by Crippen LogP contribution is -2.05. The number of carbonyl (C=O) groups is 1. The summed E-state index contributed by atoms with van der Waals surface area (Å²) in [5, 5.41) is 0. The van der Waals surface area contributed by atoms with Crippen LogP contribution in [0.25, 0.3) is 0 Å². The van der Waals surface area contributed by atoms with Crippen LogP contribution in [0.3, 0.4) is 0 Å². The van der Waals surface area contributed by atoms with E-state index in [2.05, 4.69) is 4.99 Å². The van der Waals surface area contributed by atoms with Gasteiger partial charge in [0.15, 0.2) is 0 Å². The third-order valence-corrected chi connectivity index (χ3v) is 3.33. The Morgan fingerprint density at radius 2 is 2.00 bits per heavy atom. The molecule has 1 rings (SSSR count). The molecule has 0 saturated carbocycles. The lowest BCUT2D eigenvalue weighted by atomic mass is 10.2. The van der Waals surface area contributed by atoms with Crippen LogP contribution in [-0.2, 0) is 9.53 Å². The lowest BCUT2D eigenvalue weighted by Gasteiger charge is -2.05. The van der Waals surface area contributed by atoms with Gasteiger partial charge in [-0.1, -0.05) is 0 Å². The minimum Gasteiger partial charge on any atom is -0.462 e. The molecule has 0 bridgehead atoms. The molecule has 0 aliphatic carbocycles. The van der Waals surface area contributed by atoms with E-state index < -0.39 is 0 Å². The second kappa shape index (κ2) is 6.31. The summed E-state index contributed by atoms with van der Waals surface area (Å²) in [7, 11) is 0. The fraction of sp³-hybridized carbons (Fsp3) is 0.200. The molecule has 1 aromatic rings. The molecule has 6 heteroatoms. The number of esters is 1. The van der Waals surface area contributed by atoms with Crippen molar-refractivity contribution in [3.8, 4) is 0 Å². The Morgan fingerprint density at radius 3 is 2.44 bits per heavy atom. The summed E-state index contributed by atoms with van der Waals surface area (Å²) in [6, 6.07) is 3.27. The van der Waals surface area contributed by atoms with Crippen LogP contribution in [0.5, 0.6) is 0 Å². The first-order valence-corrected chi connectivity index (χ1v) is 6.50. The highest BCUT2D eigenvalue weighted by Crippen LogP contribution is 2.29. The molecular weight excluding hydrogens is 436 g/mol. The van der Waals surface area contributed by atoms with Crippen molar-refractivity contribution >= 4 is 62.9 Å². The quantitative estimate of drug-likeness (QED) is 0.313. The average Bonchev–Trinajstić information content (AvgIpc) is 2.23. The van der Waals surface area contributed by atoms with Crippen LogP contribution in [-0.4, -0.2) is 18.7 Å². The fourth-order valence-electron chi connectivity index (χ4n) is 1.05. The standard InChI is InChI=1S/C10H7I2NO3/c1-2-16-10(15)6-3-7(11)9(13-5-14)8(12)4-6/h3-4H,2H2,1H3. The van der Waals surface area contributed by atoms with Gasteiger partial charge in [-0.3, -0.25) is 0 Å². The maximum Gasteiger partial charge on any atom is 0.338 e. The van der Waals surface area contributed by atoms with E-state index in [4.69, 9.17) is 4.74 Å². The van der Waals surface area contributed by atoms with Crippen molar-refractivity contribution in [2.24, 2.45) is 4.99 Å². The Bertz CT molecular complexity index is 444. The molecule has 0 saturated heterocycles. The number of aliphatic imine (C=N–C) groups is 1. The summed E-state index contributed by atoms with van der Waals surface area (Å²) >= 11 is 4.02. The highest BCUT2D eigenvalue weighted by molar-refractivity contribution is 14.1. The molecule has 0 heterocycles. The lowest BCUT2D eigenvalue weighted by molar-refractivity contribution is 0.0526. The van der Waals surface area contributed by atoms with Crippen LogP contribution in [0.15, 0.2) is 17.1 Å². The van der Waals surface area contributed by atoms with Crippen LogP contribution in [0.1, 0.15) is 17.3 Å². The molecule has 16 heavy (non-hydrogen) atoms. The second-order valence-electron chi connectivity index (χ2n) is 2.71. The van der Waals surface area contributed by atoms with E-state index in [1.165, 1.54) is 6.08 Å². The first kappa shape index (κ1) is 13.6. The molecule has 0 fully saturated rings. The van der Waals surface area contributed by atoms with Crippen molar-refractivity contribution in [1.82, 2.24) is 0 Å². The zero-order valence-electron chi connectivity index (χ0n) is 8.29. The van der Waals surface area contributed by atoms with Crippen LogP contribution < -0.4 is 0 Å². The van der Waals surface area contributed by atoms with Gasteiger partial charge in [-0.05, 0) is 64.2 Å². The second-order valence-corrected chi connectivity index (χ2v) is 5.04. The number of benzene rings is 1. The molecule has 84 valence electrons. The van der Waals surface area contributed by atoms with E-state index in [1.54, 1.807) is 19.1 Å². The molecule has 0 unspecified atom stereocenters. The summed E-state index contributed by atoms with van der Waals surface area (Å²) in [5.74, 6) is -0.375. The van der Waals surface area contributed by atoms with E-state index in [1.807, 2.05) is 45.2 Å². The number of nitrogens with zero attached hydrogens (tertiary/aromatic N) is 1. The minimum absolute atomic E-state index is 0.334. The number of hydrogen-bond donors (Lipinski definition) is 0. The normalized spacial score (nSPS) is 9.44. The summed E-state index contributed by atoms with van der Waals surface area (Å²) in [5.41, 5.74) is 0.991. The van der Waals surface area contributed by atoms with Crippen LogP contribution >= 0.6 is 45.2 Å². The van der Waals surface area contributed by atoms with Gasteiger partial charge >= 0.3 is 5.97 Å². The predicted molar refractivity (Wildman–Crippen MR) is 75.6 cm³/mol. The average molecular weight is 443 g/mol. The van der Waals surface area contributed by atoms with Crippen molar-refractivity contribution in [3.63, 3.8) is 0 Å². The highest BCUT2D eigenvalue weighted by Gasteiger charge is 2.12. The summed E-state index contributed by atoms with van der Waals surface area (Å²) < 4.78 is 6.32. The molecule has 0 amide bonds. The number of hydrogen-bond acceptors (Lipinski definition) is 4. The van der Waals surface area contributed by atoms with Gasteiger partial charge in [0.2, 0.25) is 6.08 Å². The highest BCUT2D eigenvalue weighted by atomic mass is 127. The van der Waals surface area contributed by atoms with Gasteiger partial charge in [0.1, 0.15) is 5.69 Å². The molecule has 4 nitrogen and oxygen atoms in total. The number of carbonyl (C=O) groups excluding carboxylic acids is 2. The molecule has 0 N–H and O–H groups in total. The zero-order valence-corrected chi connectivity index (χ0v) is 12.6. The number of halogens is 2. The van der Waals surface area contributed by atoms with Gasteiger partial charge in [-0.25, -0.2) is 9.59 Å². The van der Waals surface area contributed by atoms with E-state index in [-0.39, 0.29) is 5.97 Å². The summed E-state index contributed by atoms with van der Waals surface area (Å²) in [4.78, 5) is 25.3. The molecule has 0 radical (unpaired) electrons. The van der Waals surface area contributed by atoms with Crippen LogP contribution in [0.4, 0.5) is 5.69 Å². The van der Waals surface area contributed by atoms with Crippen molar-refractivity contribution in [3.05, 3.63) is 24.8 Å². The smallest absolute Gasteiger partial charge is 0.338 e. The first-order chi connectivity index (χ1) is 7.60. The van der Waals surface area contributed by atoms with E-state index in [0.717, 1.165) is 7.14 Å². The Labute approximate surface area is 120 Å². The molecule has 1 aromatic carbocycles. The largest absolute Gasteiger partial charge is 0.462 e. The first-order valence-electron chi connectivity index (χ1n) is 4.34. The van der Waals surface area contributed by atoms with E-state index >= 15 is 0 Å². The monoisotopic (exact) mass is 443 g/mol. The van der Waals surface area contributed by atoms with Gasteiger partial charge in [0, 0.05) is 7.14 Å². The van der Waals surface area contributed by atoms with Crippen molar-refractivity contribution in [2.45, 2.75) is 6.92 Å². The van der Waals surface area contributed by atoms with Crippen molar-refractivity contribution in [2.75, 3.05) is 6.61 Å². The van der Waals surface area contributed by atoms with Crippen LogP contribution in [0, 0.1) is 7.14 Å². The predicted octanol–water partition coefficient (Wildman–Crippen LogP) is 3.04. The third-order valence-electron chi connectivity index (χ3n) is 1.69. The molecule has 0 atom stereocenters. The minimum atomic E-state index is -0.375. The topological polar surface area (TPSA) is 55.7 Å². The van der Waals surface area contributed by atoms with Crippen LogP contribution in [0.2, 0.25) is 0 Å². The number of rotatable bonds is 3. The fourth-order valence-corrected chi connectivity index (χ4v) is 3.06. The summed E-state index contributed by atoms with van der Waals surface area (Å²) in [6.45, 7) is 2.08. The third kappa shape index (κ3) is 3.26. The Morgan fingerprint density at radius 1 is 1.44 bits per heavy atom. The molecule has 0 aromatic heterocycles. The maximum absolute atomic E-state index is 11.5. The zero-order chi connectivity index (χ0) is 12.1. The van der Waals surface area contributed by atoms with Gasteiger partial charge < -0.3 is 4.74 Å². The Balaban J connectivity index is 3.19. The van der Waals surface area contributed by atoms with Gasteiger partial charge in [0.05, 0.1) is 12.2 Å².